The number of guanidine groups is 1. The molecule has 1 saturated heterocycles. The normalized spacial score (nSPS) is 18.4. The van der Waals surface area contributed by atoms with Crippen molar-refractivity contribution < 1.29 is 4.52 Å². The molecule has 0 spiro atoms. The van der Waals surface area contributed by atoms with E-state index >= 15 is 0 Å². The third-order valence-electron chi connectivity index (χ3n) is 5.38. The first-order valence-corrected chi connectivity index (χ1v) is 10.4. The number of aromatic nitrogens is 1. The van der Waals surface area contributed by atoms with Crippen LogP contribution in [-0.4, -0.2) is 48.2 Å². The maximum Gasteiger partial charge on any atom is 0.191 e. The van der Waals surface area contributed by atoms with Crippen molar-refractivity contribution in [3.63, 3.8) is 0 Å². The first kappa shape index (κ1) is 24.2. The van der Waals surface area contributed by atoms with E-state index in [4.69, 9.17) is 4.52 Å². The molecule has 1 unspecified atom stereocenters. The van der Waals surface area contributed by atoms with E-state index in [9.17, 15) is 0 Å². The molecule has 1 aliphatic rings. The summed E-state index contributed by atoms with van der Waals surface area (Å²) in [6, 6.07) is 2.66. The second-order valence-corrected chi connectivity index (χ2v) is 7.09. The summed E-state index contributed by atoms with van der Waals surface area (Å²) in [5, 5.41) is 11.1. The molecule has 7 heteroatoms. The van der Waals surface area contributed by atoms with Crippen LogP contribution in [0.5, 0.6) is 0 Å². The number of likely N-dealkylation sites (N-methyl/N-ethyl adjacent to an activating group) is 1. The zero-order valence-corrected chi connectivity index (χ0v) is 19.8. The Kier molecular flexibility index (Phi) is 12.0. The van der Waals surface area contributed by atoms with Crippen LogP contribution in [0.15, 0.2) is 15.6 Å². The Hall–Kier alpha value is -0.830. The lowest BCUT2D eigenvalue weighted by Gasteiger charge is -2.35. The molecule has 0 saturated carbocycles. The minimum absolute atomic E-state index is 0. The highest BCUT2D eigenvalue weighted by Gasteiger charge is 2.21. The van der Waals surface area contributed by atoms with Gasteiger partial charge in [-0.3, -0.25) is 4.90 Å². The fraction of sp³-hybridized carbons (Fsp3) is 0.800. The van der Waals surface area contributed by atoms with Gasteiger partial charge in [0.2, 0.25) is 0 Å². The first-order chi connectivity index (χ1) is 12.7. The van der Waals surface area contributed by atoms with Gasteiger partial charge in [0.1, 0.15) is 6.54 Å². The number of nitrogens with zero attached hydrogens (tertiary/aromatic N) is 3. The van der Waals surface area contributed by atoms with Gasteiger partial charge in [0, 0.05) is 31.1 Å². The molecule has 0 aromatic carbocycles. The molecule has 27 heavy (non-hydrogen) atoms. The number of nitrogens with one attached hydrogen (secondary N) is 2. The summed E-state index contributed by atoms with van der Waals surface area (Å²) in [5.41, 5.74) is 1.05. The summed E-state index contributed by atoms with van der Waals surface area (Å²) in [4.78, 5) is 7.25. The third kappa shape index (κ3) is 7.60. The van der Waals surface area contributed by atoms with Crippen LogP contribution in [0.1, 0.15) is 77.2 Å². The van der Waals surface area contributed by atoms with Crippen molar-refractivity contribution in [1.82, 2.24) is 20.7 Å². The summed E-state index contributed by atoms with van der Waals surface area (Å²) in [6.07, 6.45) is 6.09. The molecule has 2 N–H and O–H groups in total. The van der Waals surface area contributed by atoms with Crippen LogP contribution in [-0.2, 0) is 6.54 Å². The molecule has 1 aromatic rings. The number of halogens is 1. The molecular formula is C20H38IN5O. The fourth-order valence-corrected chi connectivity index (χ4v) is 3.72. The molecule has 0 radical (unpaired) electrons. The van der Waals surface area contributed by atoms with Crippen LogP contribution in [0.4, 0.5) is 0 Å². The summed E-state index contributed by atoms with van der Waals surface area (Å²) < 4.78 is 5.49. The minimum atomic E-state index is 0. The maximum atomic E-state index is 5.49. The van der Waals surface area contributed by atoms with Gasteiger partial charge < -0.3 is 15.2 Å². The molecule has 0 bridgehead atoms. The van der Waals surface area contributed by atoms with Crippen molar-refractivity contribution >= 4 is 29.9 Å². The standard InChI is InChI=1S/C20H37N5O.HI/c1-5-16(6-2)19-13-18(26-24-19)15-23-20(21-7-3)22-14-17-11-9-10-12-25(17)8-4;/h13,16-17H,5-12,14-15H2,1-4H3,(H2,21,22,23);1H. The molecule has 1 aromatic heterocycles. The Morgan fingerprint density at radius 3 is 2.70 bits per heavy atom. The van der Waals surface area contributed by atoms with E-state index < -0.39 is 0 Å². The lowest BCUT2D eigenvalue weighted by Crippen LogP contribution is -2.49. The molecule has 0 aliphatic carbocycles. The molecule has 6 nitrogen and oxygen atoms in total. The van der Waals surface area contributed by atoms with Crippen LogP contribution in [0.3, 0.4) is 0 Å². The zero-order chi connectivity index (χ0) is 18.8. The second kappa shape index (κ2) is 13.4. The van der Waals surface area contributed by atoms with Gasteiger partial charge in [0.05, 0.1) is 5.69 Å². The predicted octanol–water partition coefficient (Wildman–Crippen LogP) is 4.13. The Morgan fingerprint density at radius 1 is 1.26 bits per heavy atom. The van der Waals surface area contributed by atoms with Gasteiger partial charge in [0.15, 0.2) is 11.7 Å². The highest BCUT2D eigenvalue weighted by Crippen LogP contribution is 2.22. The molecule has 1 atom stereocenters. The van der Waals surface area contributed by atoms with Crippen LogP contribution >= 0.6 is 24.0 Å². The van der Waals surface area contributed by atoms with Crippen molar-refractivity contribution in [2.45, 2.75) is 78.3 Å². The Labute approximate surface area is 181 Å². The van der Waals surface area contributed by atoms with Crippen LogP contribution in [0.2, 0.25) is 0 Å². The summed E-state index contributed by atoms with van der Waals surface area (Å²) in [7, 11) is 0. The van der Waals surface area contributed by atoms with E-state index in [0.29, 0.717) is 18.5 Å². The van der Waals surface area contributed by atoms with Crippen LogP contribution in [0, 0.1) is 0 Å². The number of rotatable bonds is 9. The topological polar surface area (TPSA) is 65.7 Å². The first-order valence-electron chi connectivity index (χ1n) is 10.4. The SMILES string of the molecule is CCNC(=NCc1cc(C(CC)CC)no1)NCC1CCCCN1CC.I. The third-order valence-corrected chi connectivity index (χ3v) is 5.38. The smallest absolute Gasteiger partial charge is 0.191 e. The number of hydrogen-bond donors (Lipinski definition) is 2. The van der Waals surface area contributed by atoms with Crippen molar-refractivity contribution in [2.24, 2.45) is 4.99 Å². The van der Waals surface area contributed by atoms with Gasteiger partial charge in [-0.1, -0.05) is 32.3 Å². The molecule has 1 aliphatic heterocycles. The van der Waals surface area contributed by atoms with E-state index in [-0.39, 0.29) is 24.0 Å². The average molecular weight is 491 g/mol. The average Bonchev–Trinajstić information content (AvgIpc) is 3.14. The number of aliphatic imine (C=N–C) groups is 1. The fourth-order valence-electron chi connectivity index (χ4n) is 3.72. The van der Waals surface area contributed by atoms with E-state index in [0.717, 1.165) is 49.9 Å². The maximum absolute atomic E-state index is 5.49. The van der Waals surface area contributed by atoms with Crippen molar-refractivity contribution in [1.29, 1.82) is 0 Å². The lowest BCUT2D eigenvalue weighted by atomic mass is 9.99. The molecule has 1 fully saturated rings. The summed E-state index contributed by atoms with van der Waals surface area (Å²) >= 11 is 0. The van der Waals surface area contributed by atoms with Crippen LogP contribution < -0.4 is 10.6 Å². The molecule has 156 valence electrons. The van der Waals surface area contributed by atoms with Gasteiger partial charge in [-0.15, -0.1) is 24.0 Å². The number of hydrogen-bond acceptors (Lipinski definition) is 4. The minimum Gasteiger partial charge on any atom is -0.359 e. The molecule has 2 heterocycles. The predicted molar refractivity (Wildman–Crippen MR) is 123 cm³/mol. The highest BCUT2D eigenvalue weighted by molar-refractivity contribution is 14.0. The van der Waals surface area contributed by atoms with Crippen molar-refractivity contribution in [3.05, 3.63) is 17.5 Å². The monoisotopic (exact) mass is 491 g/mol. The van der Waals surface area contributed by atoms with Crippen molar-refractivity contribution in [3.8, 4) is 0 Å². The van der Waals surface area contributed by atoms with Gasteiger partial charge in [-0.05, 0) is 45.7 Å². The lowest BCUT2D eigenvalue weighted by molar-refractivity contribution is 0.157. The van der Waals surface area contributed by atoms with E-state index in [2.05, 4.69) is 59.4 Å². The van der Waals surface area contributed by atoms with E-state index in [1.807, 2.05) is 0 Å². The Bertz CT molecular complexity index is 544. The quantitative estimate of drug-likeness (QED) is 0.309. The molecular weight excluding hydrogens is 453 g/mol. The van der Waals surface area contributed by atoms with Crippen LogP contribution in [0.25, 0.3) is 0 Å². The Balaban J connectivity index is 0.00000364. The number of piperidine rings is 1. The van der Waals surface area contributed by atoms with Gasteiger partial charge >= 0.3 is 0 Å². The van der Waals surface area contributed by atoms with Gasteiger partial charge in [-0.2, -0.15) is 0 Å². The van der Waals surface area contributed by atoms with Gasteiger partial charge in [-0.25, -0.2) is 4.99 Å². The zero-order valence-electron chi connectivity index (χ0n) is 17.5. The van der Waals surface area contributed by atoms with E-state index in [1.165, 1.54) is 25.8 Å². The Morgan fingerprint density at radius 2 is 2.04 bits per heavy atom. The number of likely N-dealkylation sites (tertiary alicyclic amines) is 1. The van der Waals surface area contributed by atoms with E-state index in [1.54, 1.807) is 0 Å². The summed E-state index contributed by atoms with van der Waals surface area (Å²) in [6.45, 7) is 13.4. The largest absolute Gasteiger partial charge is 0.359 e. The summed E-state index contributed by atoms with van der Waals surface area (Å²) in [5.74, 6) is 2.17. The molecule has 0 amide bonds. The highest BCUT2D eigenvalue weighted by atomic mass is 127. The molecule has 2 rings (SSSR count). The second-order valence-electron chi connectivity index (χ2n) is 7.09. The van der Waals surface area contributed by atoms with Gasteiger partial charge in [0.25, 0.3) is 0 Å². The van der Waals surface area contributed by atoms with Crippen molar-refractivity contribution in [2.75, 3.05) is 26.2 Å².